The molecule has 0 saturated carbocycles. The molecular weight excluding hydrogens is 232 g/mol. The Bertz CT molecular complexity index is 335. The summed E-state index contributed by atoms with van der Waals surface area (Å²) in [6.07, 6.45) is 4.30. The molecule has 0 aromatic heterocycles. The van der Waals surface area contributed by atoms with Crippen LogP contribution in [0.15, 0.2) is 0 Å². The first-order valence-corrected chi connectivity index (χ1v) is 6.64. The number of amides is 2. The number of ether oxygens (including phenoxy) is 1. The Hall–Kier alpha value is -1.10. The molecule has 2 fully saturated rings. The Kier molecular flexibility index (Phi) is 3.90. The van der Waals surface area contributed by atoms with Crippen LogP contribution in [-0.4, -0.2) is 61.0 Å². The molecule has 0 aromatic carbocycles. The van der Waals surface area contributed by atoms with Crippen molar-refractivity contribution in [3.05, 3.63) is 0 Å². The van der Waals surface area contributed by atoms with Crippen LogP contribution < -0.4 is 0 Å². The summed E-state index contributed by atoms with van der Waals surface area (Å²) >= 11 is 0. The van der Waals surface area contributed by atoms with Crippen molar-refractivity contribution in [2.45, 2.75) is 37.7 Å². The number of hydrogen-bond donors (Lipinski definition) is 0. The number of hydrogen-bond acceptors (Lipinski definition) is 3. The van der Waals surface area contributed by atoms with Crippen LogP contribution in [0.5, 0.6) is 0 Å². The Morgan fingerprint density at radius 2 is 2.17 bits per heavy atom. The molecule has 0 radical (unpaired) electrons. The van der Waals surface area contributed by atoms with Crippen LogP contribution in [0.4, 0.5) is 0 Å². The van der Waals surface area contributed by atoms with Gasteiger partial charge in [-0.15, -0.1) is 0 Å². The largest absolute Gasteiger partial charge is 0.375 e. The van der Waals surface area contributed by atoms with E-state index >= 15 is 0 Å². The first-order valence-electron chi connectivity index (χ1n) is 6.64. The molecule has 102 valence electrons. The second-order valence-electron chi connectivity index (χ2n) is 5.49. The third-order valence-corrected chi connectivity index (χ3v) is 3.99. The predicted molar refractivity (Wildman–Crippen MR) is 67.0 cm³/mol. The highest BCUT2D eigenvalue weighted by Crippen LogP contribution is 2.35. The average Bonchev–Trinajstić information content (AvgIpc) is 2.74. The van der Waals surface area contributed by atoms with Crippen molar-refractivity contribution >= 4 is 11.8 Å². The van der Waals surface area contributed by atoms with Gasteiger partial charge in [0.1, 0.15) is 0 Å². The molecule has 1 spiro atoms. The van der Waals surface area contributed by atoms with E-state index in [4.69, 9.17) is 4.74 Å². The van der Waals surface area contributed by atoms with Gasteiger partial charge in [0, 0.05) is 33.7 Å². The summed E-state index contributed by atoms with van der Waals surface area (Å²) in [5.74, 6) is 0.0595. The van der Waals surface area contributed by atoms with Crippen molar-refractivity contribution in [1.82, 2.24) is 9.80 Å². The van der Waals surface area contributed by atoms with Gasteiger partial charge in [0.25, 0.3) is 0 Å². The minimum atomic E-state index is -0.0917. The smallest absolute Gasteiger partial charge is 0.241 e. The van der Waals surface area contributed by atoms with Gasteiger partial charge in [0.05, 0.1) is 12.1 Å². The molecule has 2 aliphatic rings. The summed E-state index contributed by atoms with van der Waals surface area (Å²) in [6.45, 7) is 1.64. The molecule has 2 rings (SSSR count). The average molecular weight is 254 g/mol. The van der Waals surface area contributed by atoms with Crippen LogP contribution in [0.2, 0.25) is 0 Å². The maximum absolute atomic E-state index is 12.0. The lowest BCUT2D eigenvalue weighted by Gasteiger charge is -2.27. The van der Waals surface area contributed by atoms with Gasteiger partial charge in [-0.3, -0.25) is 9.59 Å². The Balaban J connectivity index is 1.97. The van der Waals surface area contributed by atoms with Crippen LogP contribution >= 0.6 is 0 Å². The molecule has 0 N–H and O–H groups in total. The molecule has 0 aromatic rings. The maximum atomic E-state index is 12.0. The SMILES string of the molecule is CN(C)C(=O)CN1CCC2(CCCO2)CCC1=O. The van der Waals surface area contributed by atoms with Gasteiger partial charge in [-0.25, -0.2) is 0 Å². The fourth-order valence-electron chi connectivity index (χ4n) is 2.70. The first-order chi connectivity index (χ1) is 8.52. The molecule has 2 amide bonds. The summed E-state index contributed by atoms with van der Waals surface area (Å²) in [5, 5.41) is 0. The van der Waals surface area contributed by atoms with Crippen LogP contribution in [0.25, 0.3) is 0 Å². The van der Waals surface area contributed by atoms with Crippen LogP contribution in [0.3, 0.4) is 0 Å². The molecule has 1 unspecified atom stereocenters. The molecule has 1 atom stereocenters. The van der Waals surface area contributed by atoms with Gasteiger partial charge in [-0.2, -0.15) is 0 Å². The van der Waals surface area contributed by atoms with Gasteiger partial charge >= 0.3 is 0 Å². The number of nitrogens with zero attached hydrogens (tertiary/aromatic N) is 2. The van der Waals surface area contributed by atoms with Crippen molar-refractivity contribution in [2.24, 2.45) is 0 Å². The van der Waals surface area contributed by atoms with E-state index in [1.165, 1.54) is 4.90 Å². The molecule has 0 bridgehead atoms. The number of carbonyl (C=O) groups excluding carboxylic acids is 2. The predicted octanol–water partition coefficient (Wildman–Crippen LogP) is 0.636. The summed E-state index contributed by atoms with van der Waals surface area (Å²) in [7, 11) is 3.43. The number of likely N-dealkylation sites (tertiary alicyclic amines) is 1. The Morgan fingerprint density at radius 3 is 2.78 bits per heavy atom. The third-order valence-electron chi connectivity index (χ3n) is 3.99. The Labute approximate surface area is 108 Å². The lowest BCUT2D eigenvalue weighted by atomic mass is 9.92. The van der Waals surface area contributed by atoms with Crippen molar-refractivity contribution in [3.8, 4) is 0 Å². The van der Waals surface area contributed by atoms with Crippen molar-refractivity contribution in [3.63, 3.8) is 0 Å². The summed E-state index contributed by atoms with van der Waals surface area (Å²) < 4.78 is 5.84. The minimum absolute atomic E-state index is 0.0216. The van der Waals surface area contributed by atoms with Gasteiger partial charge in [-0.1, -0.05) is 0 Å². The topological polar surface area (TPSA) is 49.9 Å². The lowest BCUT2D eigenvalue weighted by Crippen LogP contribution is -2.40. The van der Waals surface area contributed by atoms with Gasteiger partial charge in [0.15, 0.2) is 0 Å². The first kappa shape index (κ1) is 13.3. The fraction of sp³-hybridized carbons (Fsp3) is 0.846. The second kappa shape index (κ2) is 5.26. The van der Waals surface area contributed by atoms with Crippen LogP contribution in [0, 0.1) is 0 Å². The summed E-state index contributed by atoms with van der Waals surface area (Å²) in [5.41, 5.74) is -0.0917. The van der Waals surface area contributed by atoms with E-state index in [9.17, 15) is 9.59 Å². The normalized spacial score (nSPS) is 28.6. The third kappa shape index (κ3) is 2.83. The second-order valence-corrected chi connectivity index (χ2v) is 5.49. The molecule has 2 aliphatic heterocycles. The highest BCUT2D eigenvalue weighted by molar-refractivity contribution is 5.84. The van der Waals surface area contributed by atoms with E-state index in [2.05, 4.69) is 0 Å². The number of carbonyl (C=O) groups is 2. The number of likely N-dealkylation sites (N-methyl/N-ethyl adjacent to an activating group) is 1. The zero-order valence-corrected chi connectivity index (χ0v) is 11.3. The summed E-state index contributed by atoms with van der Waals surface area (Å²) in [4.78, 5) is 26.9. The van der Waals surface area contributed by atoms with Gasteiger partial charge < -0.3 is 14.5 Å². The van der Waals surface area contributed by atoms with Crippen molar-refractivity contribution in [2.75, 3.05) is 33.8 Å². The Morgan fingerprint density at radius 1 is 1.39 bits per heavy atom. The monoisotopic (exact) mass is 254 g/mol. The van der Waals surface area contributed by atoms with E-state index in [0.29, 0.717) is 13.0 Å². The van der Waals surface area contributed by atoms with E-state index < -0.39 is 0 Å². The lowest BCUT2D eigenvalue weighted by molar-refractivity contribution is -0.138. The molecule has 5 heteroatoms. The zero-order valence-electron chi connectivity index (χ0n) is 11.3. The zero-order chi connectivity index (χ0) is 13.2. The molecule has 0 aliphatic carbocycles. The maximum Gasteiger partial charge on any atom is 0.241 e. The minimum Gasteiger partial charge on any atom is -0.375 e. The number of rotatable bonds is 2. The van der Waals surface area contributed by atoms with Crippen molar-refractivity contribution in [1.29, 1.82) is 0 Å². The van der Waals surface area contributed by atoms with E-state index in [1.807, 2.05) is 0 Å². The van der Waals surface area contributed by atoms with Gasteiger partial charge in [-0.05, 0) is 25.7 Å². The van der Waals surface area contributed by atoms with E-state index in [-0.39, 0.29) is 24.0 Å². The van der Waals surface area contributed by atoms with Crippen LogP contribution in [-0.2, 0) is 14.3 Å². The molecule has 5 nitrogen and oxygen atoms in total. The van der Waals surface area contributed by atoms with Crippen molar-refractivity contribution < 1.29 is 14.3 Å². The molecule has 18 heavy (non-hydrogen) atoms. The van der Waals surface area contributed by atoms with E-state index in [1.54, 1.807) is 19.0 Å². The fourth-order valence-corrected chi connectivity index (χ4v) is 2.70. The van der Waals surface area contributed by atoms with E-state index in [0.717, 1.165) is 32.3 Å². The highest BCUT2D eigenvalue weighted by Gasteiger charge is 2.38. The molecule has 2 saturated heterocycles. The molecule has 2 heterocycles. The molecular formula is C13H22N2O3. The highest BCUT2D eigenvalue weighted by atomic mass is 16.5. The van der Waals surface area contributed by atoms with Crippen LogP contribution in [0.1, 0.15) is 32.1 Å². The standard InChI is InChI=1S/C13H22N2O3/c1-14(2)12(17)10-15-8-7-13(5-3-9-18-13)6-4-11(15)16/h3-10H2,1-2H3. The quantitative estimate of drug-likeness (QED) is 0.726. The summed E-state index contributed by atoms with van der Waals surface area (Å²) in [6, 6.07) is 0. The van der Waals surface area contributed by atoms with Gasteiger partial charge in [0.2, 0.25) is 11.8 Å².